The fourth-order valence-electron chi connectivity index (χ4n) is 1.42. The molecular weight excluding hydrogens is 178 g/mol. The summed E-state index contributed by atoms with van der Waals surface area (Å²) in [6.45, 7) is 2.20. The summed E-state index contributed by atoms with van der Waals surface area (Å²) in [6, 6.07) is 2.03. The van der Waals surface area contributed by atoms with E-state index in [-0.39, 0.29) is 6.61 Å². The van der Waals surface area contributed by atoms with Crippen LogP contribution < -0.4 is 0 Å². The monoisotopic (exact) mass is 191 g/mol. The number of rotatable bonds is 3. The van der Waals surface area contributed by atoms with Crippen molar-refractivity contribution in [3.63, 3.8) is 0 Å². The number of aliphatic hydroxyl groups excluding tert-OH is 1. The third-order valence-corrected chi connectivity index (χ3v) is 2.09. The summed E-state index contributed by atoms with van der Waals surface area (Å²) in [5, 5.41) is 8.69. The van der Waals surface area contributed by atoms with Crippen LogP contribution in [0.5, 0.6) is 0 Å². The smallest absolute Gasteiger partial charge is 0.177 e. The van der Waals surface area contributed by atoms with Crippen LogP contribution in [0, 0.1) is 6.92 Å². The van der Waals surface area contributed by atoms with E-state index >= 15 is 0 Å². The number of H-pyrrole nitrogens is 1. The molecule has 0 atom stereocenters. The first-order chi connectivity index (χ1) is 6.79. The van der Waals surface area contributed by atoms with Crippen molar-refractivity contribution in [1.82, 2.24) is 15.0 Å². The van der Waals surface area contributed by atoms with Gasteiger partial charge in [-0.1, -0.05) is 0 Å². The summed E-state index contributed by atoms with van der Waals surface area (Å²) in [5.41, 5.74) is 2.84. The van der Waals surface area contributed by atoms with Crippen LogP contribution in [-0.4, -0.2) is 26.7 Å². The maximum absolute atomic E-state index is 8.69. The molecule has 2 aromatic heterocycles. The van der Waals surface area contributed by atoms with Crippen LogP contribution in [0.4, 0.5) is 0 Å². The number of aryl methyl sites for hydroxylation is 2. The molecule has 0 spiro atoms. The number of hydrogen-bond donors (Lipinski definition) is 2. The molecule has 0 aliphatic carbocycles. The second-order valence-corrected chi connectivity index (χ2v) is 3.39. The van der Waals surface area contributed by atoms with Gasteiger partial charge < -0.3 is 10.1 Å². The van der Waals surface area contributed by atoms with Crippen molar-refractivity contribution in [1.29, 1.82) is 0 Å². The number of fused-ring (bicyclic) bond motifs is 1. The summed E-state index contributed by atoms with van der Waals surface area (Å²) in [7, 11) is 0. The second-order valence-electron chi connectivity index (χ2n) is 3.39. The summed E-state index contributed by atoms with van der Waals surface area (Å²) in [5.74, 6) is 0.896. The van der Waals surface area contributed by atoms with E-state index in [4.69, 9.17) is 5.11 Å². The Kier molecular flexibility index (Phi) is 2.45. The Morgan fingerprint density at radius 3 is 3.14 bits per heavy atom. The lowest BCUT2D eigenvalue weighted by molar-refractivity contribution is 0.287. The van der Waals surface area contributed by atoms with Gasteiger partial charge in [0, 0.05) is 19.2 Å². The van der Waals surface area contributed by atoms with E-state index in [1.165, 1.54) is 0 Å². The first-order valence-corrected chi connectivity index (χ1v) is 4.71. The van der Waals surface area contributed by atoms with Crippen LogP contribution in [0.1, 0.15) is 17.8 Å². The maximum Gasteiger partial charge on any atom is 0.177 e. The van der Waals surface area contributed by atoms with Gasteiger partial charge >= 0.3 is 0 Å². The molecule has 2 N–H and O–H groups in total. The Bertz CT molecular complexity index is 436. The summed E-state index contributed by atoms with van der Waals surface area (Å²) >= 11 is 0. The average Bonchev–Trinajstić information content (AvgIpc) is 2.56. The lowest BCUT2D eigenvalue weighted by Crippen LogP contribution is -1.90. The van der Waals surface area contributed by atoms with Crippen molar-refractivity contribution in [2.24, 2.45) is 0 Å². The van der Waals surface area contributed by atoms with E-state index in [0.717, 1.165) is 35.4 Å². The van der Waals surface area contributed by atoms with Crippen molar-refractivity contribution < 1.29 is 5.11 Å². The van der Waals surface area contributed by atoms with E-state index in [1.54, 1.807) is 6.20 Å². The molecule has 4 heteroatoms. The Morgan fingerprint density at radius 2 is 2.36 bits per heavy atom. The molecule has 0 aromatic carbocycles. The molecule has 0 aliphatic rings. The standard InChI is InChI=1S/C10H13N3O/c1-7-5-8-10(11-6-7)13-9(12-8)3-2-4-14/h5-6,14H,2-4H2,1H3,(H,11,12,13). The van der Waals surface area contributed by atoms with Crippen LogP contribution >= 0.6 is 0 Å². The number of aromatic amines is 1. The van der Waals surface area contributed by atoms with Gasteiger partial charge in [-0.05, 0) is 25.0 Å². The van der Waals surface area contributed by atoms with Gasteiger partial charge in [-0.2, -0.15) is 0 Å². The van der Waals surface area contributed by atoms with Gasteiger partial charge in [0.2, 0.25) is 0 Å². The minimum absolute atomic E-state index is 0.198. The first kappa shape index (κ1) is 9.15. The normalized spacial score (nSPS) is 11.0. The van der Waals surface area contributed by atoms with Gasteiger partial charge in [0.1, 0.15) is 5.82 Å². The Balaban J connectivity index is 2.32. The number of nitrogens with zero attached hydrogens (tertiary/aromatic N) is 2. The van der Waals surface area contributed by atoms with Crippen molar-refractivity contribution in [3.8, 4) is 0 Å². The third-order valence-electron chi connectivity index (χ3n) is 2.09. The molecule has 4 nitrogen and oxygen atoms in total. The largest absolute Gasteiger partial charge is 0.396 e. The quantitative estimate of drug-likeness (QED) is 0.766. The molecule has 74 valence electrons. The molecule has 0 bridgehead atoms. The van der Waals surface area contributed by atoms with E-state index in [9.17, 15) is 0 Å². The zero-order chi connectivity index (χ0) is 9.97. The molecule has 0 amide bonds. The second kappa shape index (κ2) is 3.75. The fraction of sp³-hybridized carbons (Fsp3) is 0.400. The highest BCUT2D eigenvalue weighted by Crippen LogP contribution is 2.10. The van der Waals surface area contributed by atoms with E-state index in [2.05, 4.69) is 15.0 Å². The van der Waals surface area contributed by atoms with Gasteiger partial charge in [-0.3, -0.25) is 0 Å². The zero-order valence-corrected chi connectivity index (χ0v) is 8.12. The molecule has 0 saturated carbocycles. The summed E-state index contributed by atoms with van der Waals surface area (Å²) < 4.78 is 0. The SMILES string of the molecule is Cc1cnc2nc(CCCO)[nH]c2c1. The lowest BCUT2D eigenvalue weighted by Gasteiger charge is -1.90. The zero-order valence-electron chi connectivity index (χ0n) is 8.12. The van der Waals surface area contributed by atoms with E-state index in [1.807, 2.05) is 13.0 Å². The Labute approximate surface area is 82.0 Å². The van der Waals surface area contributed by atoms with Crippen LogP contribution in [0.2, 0.25) is 0 Å². The minimum Gasteiger partial charge on any atom is -0.396 e. The van der Waals surface area contributed by atoms with Crippen molar-refractivity contribution in [2.75, 3.05) is 6.61 Å². The summed E-state index contributed by atoms with van der Waals surface area (Å²) in [4.78, 5) is 11.7. The molecule has 2 rings (SSSR count). The van der Waals surface area contributed by atoms with E-state index in [0.29, 0.717) is 0 Å². The number of pyridine rings is 1. The van der Waals surface area contributed by atoms with Crippen LogP contribution in [0.25, 0.3) is 11.2 Å². The van der Waals surface area contributed by atoms with Gasteiger partial charge in [0.25, 0.3) is 0 Å². The third kappa shape index (κ3) is 1.75. The van der Waals surface area contributed by atoms with Gasteiger partial charge in [-0.25, -0.2) is 9.97 Å². The lowest BCUT2D eigenvalue weighted by atomic mass is 10.3. The highest BCUT2D eigenvalue weighted by atomic mass is 16.2. The van der Waals surface area contributed by atoms with Crippen LogP contribution in [0.3, 0.4) is 0 Å². The number of imidazole rings is 1. The summed E-state index contributed by atoms with van der Waals surface area (Å²) in [6.07, 6.45) is 3.31. The number of aromatic nitrogens is 3. The topological polar surface area (TPSA) is 61.8 Å². The van der Waals surface area contributed by atoms with Crippen molar-refractivity contribution >= 4 is 11.2 Å². The predicted octanol–water partition coefficient (Wildman–Crippen LogP) is 1.19. The molecule has 0 unspecified atom stereocenters. The molecular formula is C10H13N3O. The number of nitrogens with one attached hydrogen (secondary N) is 1. The minimum atomic E-state index is 0.198. The van der Waals surface area contributed by atoms with Crippen LogP contribution in [-0.2, 0) is 6.42 Å². The van der Waals surface area contributed by atoms with Gasteiger partial charge in [-0.15, -0.1) is 0 Å². The molecule has 2 heterocycles. The van der Waals surface area contributed by atoms with Crippen molar-refractivity contribution in [3.05, 3.63) is 23.7 Å². The van der Waals surface area contributed by atoms with Gasteiger partial charge in [0.15, 0.2) is 5.65 Å². The highest BCUT2D eigenvalue weighted by molar-refractivity contribution is 5.70. The molecule has 0 aliphatic heterocycles. The first-order valence-electron chi connectivity index (χ1n) is 4.71. The molecule has 0 fully saturated rings. The Morgan fingerprint density at radius 1 is 1.50 bits per heavy atom. The molecule has 0 radical (unpaired) electrons. The fourth-order valence-corrected chi connectivity index (χ4v) is 1.42. The molecule has 14 heavy (non-hydrogen) atoms. The molecule has 2 aromatic rings. The Hall–Kier alpha value is -1.42. The predicted molar refractivity (Wildman–Crippen MR) is 54.0 cm³/mol. The van der Waals surface area contributed by atoms with Crippen LogP contribution in [0.15, 0.2) is 12.3 Å². The average molecular weight is 191 g/mol. The van der Waals surface area contributed by atoms with Gasteiger partial charge in [0.05, 0.1) is 5.52 Å². The molecule has 0 saturated heterocycles. The highest BCUT2D eigenvalue weighted by Gasteiger charge is 2.02. The van der Waals surface area contributed by atoms with E-state index < -0.39 is 0 Å². The number of aliphatic hydroxyl groups is 1. The maximum atomic E-state index is 8.69. The number of hydrogen-bond acceptors (Lipinski definition) is 3. The van der Waals surface area contributed by atoms with Crippen molar-refractivity contribution in [2.45, 2.75) is 19.8 Å².